The van der Waals surface area contributed by atoms with Gasteiger partial charge in [-0.25, -0.2) is 17.4 Å². The van der Waals surface area contributed by atoms with Gasteiger partial charge in [-0.2, -0.15) is 5.10 Å². The summed E-state index contributed by atoms with van der Waals surface area (Å²) < 4.78 is 26.9. The van der Waals surface area contributed by atoms with E-state index in [0.717, 1.165) is 22.8 Å². The number of hydrogen-bond acceptors (Lipinski definition) is 5. The molecule has 0 saturated carbocycles. The van der Waals surface area contributed by atoms with Gasteiger partial charge in [0.1, 0.15) is 0 Å². The molecule has 3 rings (SSSR count). The van der Waals surface area contributed by atoms with Gasteiger partial charge in [0.15, 0.2) is 0 Å². The molecule has 0 radical (unpaired) electrons. The number of nitrogens with zero attached hydrogens (tertiary/aromatic N) is 4. The van der Waals surface area contributed by atoms with Gasteiger partial charge in [0.05, 0.1) is 10.6 Å². The van der Waals surface area contributed by atoms with Crippen molar-refractivity contribution >= 4 is 15.9 Å². The lowest BCUT2D eigenvalue weighted by molar-refractivity contribution is 0.0680. The van der Waals surface area contributed by atoms with E-state index in [4.69, 9.17) is 0 Å². The molecule has 0 spiro atoms. The molecule has 0 aliphatic carbocycles. The van der Waals surface area contributed by atoms with E-state index in [1.54, 1.807) is 23.1 Å². The fraction of sp³-hybridized carbons (Fsp3) is 0.450. The number of sulfonamides is 1. The van der Waals surface area contributed by atoms with Crippen LogP contribution in [0.4, 0.5) is 0 Å². The molecular formula is C20H26N4O4S. The molecule has 1 aromatic heterocycles. The highest BCUT2D eigenvalue weighted by Crippen LogP contribution is 2.21. The number of carbonyl (C=O) groups excluding carboxylic acids is 1. The summed E-state index contributed by atoms with van der Waals surface area (Å²) in [6.45, 7) is 3.61. The van der Waals surface area contributed by atoms with Crippen LogP contribution in [0.2, 0.25) is 0 Å². The molecule has 0 atom stereocenters. The molecule has 1 aliphatic heterocycles. The molecule has 1 aliphatic rings. The summed E-state index contributed by atoms with van der Waals surface area (Å²) in [5, 5.41) is 4.28. The predicted octanol–water partition coefficient (Wildman–Crippen LogP) is 1.35. The van der Waals surface area contributed by atoms with Gasteiger partial charge in [-0.1, -0.05) is 0 Å². The van der Waals surface area contributed by atoms with Crippen molar-refractivity contribution in [2.45, 2.75) is 31.2 Å². The van der Waals surface area contributed by atoms with E-state index in [0.29, 0.717) is 31.1 Å². The normalized spacial score (nSPS) is 15.7. The Morgan fingerprint density at radius 3 is 2.31 bits per heavy atom. The van der Waals surface area contributed by atoms with Crippen LogP contribution in [0.3, 0.4) is 0 Å². The van der Waals surface area contributed by atoms with Gasteiger partial charge in [0.2, 0.25) is 10.0 Å². The molecule has 0 bridgehead atoms. The number of likely N-dealkylation sites (tertiary alicyclic amines) is 1. The first kappa shape index (κ1) is 21.2. The Bertz CT molecular complexity index is 1040. The number of piperidine rings is 1. The third-order valence-electron chi connectivity index (χ3n) is 5.21. The first-order valence-corrected chi connectivity index (χ1v) is 11.0. The molecule has 1 fully saturated rings. The molecule has 0 N–H and O–H groups in total. The van der Waals surface area contributed by atoms with Crippen molar-refractivity contribution in [2.24, 2.45) is 5.92 Å². The van der Waals surface area contributed by atoms with Gasteiger partial charge in [-0.3, -0.25) is 9.59 Å². The highest BCUT2D eigenvalue weighted by atomic mass is 32.2. The average molecular weight is 419 g/mol. The van der Waals surface area contributed by atoms with Gasteiger partial charge in [0.25, 0.3) is 11.5 Å². The zero-order valence-electron chi connectivity index (χ0n) is 16.9. The minimum atomic E-state index is -3.51. The van der Waals surface area contributed by atoms with Crippen LogP contribution in [0.15, 0.2) is 46.1 Å². The number of hydrogen-bond donors (Lipinski definition) is 0. The maximum Gasteiger partial charge on any atom is 0.266 e. The molecule has 2 heterocycles. The van der Waals surface area contributed by atoms with Crippen LogP contribution in [0.1, 0.15) is 28.9 Å². The lowest BCUT2D eigenvalue weighted by atomic mass is 9.96. The minimum absolute atomic E-state index is 0.108. The van der Waals surface area contributed by atoms with Gasteiger partial charge in [-0.15, -0.1) is 0 Å². The van der Waals surface area contributed by atoms with Crippen molar-refractivity contribution < 1.29 is 13.2 Å². The van der Waals surface area contributed by atoms with Crippen LogP contribution < -0.4 is 5.56 Å². The van der Waals surface area contributed by atoms with Crippen LogP contribution in [-0.2, 0) is 16.6 Å². The summed E-state index contributed by atoms with van der Waals surface area (Å²) >= 11 is 0. The van der Waals surface area contributed by atoms with E-state index in [-0.39, 0.29) is 16.4 Å². The molecular weight excluding hydrogens is 392 g/mol. The average Bonchev–Trinajstić information content (AvgIpc) is 2.71. The fourth-order valence-electron chi connectivity index (χ4n) is 3.41. The van der Waals surface area contributed by atoms with Crippen molar-refractivity contribution in [3.63, 3.8) is 0 Å². The molecule has 29 heavy (non-hydrogen) atoms. The van der Waals surface area contributed by atoms with Gasteiger partial charge in [-0.05, 0) is 56.0 Å². The molecule has 1 aromatic carbocycles. The summed E-state index contributed by atoms with van der Waals surface area (Å²) in [7, 11) is -0.571. The fourth-order valence-corrected chi connectivity index (χ4v) is 4.31. The highest BCUT2D eigenvalue weighted by molar-refractivity contribution is 7.89. The second-order valence-corrected chi connectivity index (χ2v) is 9.69. The second kappa shape index (κ2) is 8.46. The van der Waals surface area contributed by atoms with E-state index in [1.165, 1.54) is 37.0 Å². The first-order chi connectivity index (χ1) is 13.7. The molecule has 1 saturated heterocycles. The Hall–Kier alpha value is -2.52. The lowest BCUT2D eigenvalue weighted by Gasteiger charge is -2.32. The monoisotopic (exact) mass is 418 g/mol. The topological polar surface area (TPSA) is 92.6 Å². The Balaban J connectivity index is 1.61. The summed E-state index contributed by atoms with van der Waals surface area (Å²) in [4.78, 5) is 26.6. The largest absolute Gasteiger partial charge is 0.339 e. The van der Waals surface area contributed by atoms with Crippen LogP contribution >= 0.6 is 0 Å². The van der Waals surface area contributed by atoms with Crippen molar-refractivity contribution in [3.05, 3.63) is 58.0 Å². The smallest absolute Gasteiger partial charge is 0.266 e. The van der Waals surface area contributed by atoms with Gasteiger partial charge >= 0.3 is 0 Å². The maximum absolute atomic E-state index is 12.8. The summed E-state index contributed by atoms with van der Waals surface area (Å²) in [5.74, 6) is 0.182. The van der Waals surface area contributed by atoms with Crippen molar-refractivity contribution in [3.8, 4) is 0 Å². The van der Waals surface area contributed by atoms with Crippen LogP contribution in [0, 0.1) is 12.8 Å². The van der Waals surface area contributed by atoms with Gasteiger partial charge in [0, 0.05) is 45.4 Å². The second-order valence-electron chi connectivity index (χ2n) is 7.54. The number of aryl methyl sites for hydroxylation is 1. The van der Waals surface area contributed by atoms with Crippen molar-refractivity contribution in [2.75, 3.05) is 27.2 Å². The molecule has 0 unspecified atom stereocenters. The number of aromatic nitrogens is 2. The summed E-state index contributed by atoms with van der Waals surface area (Å²) in [6, 6.07) is 9.27. The van der Waals surface area contributed by atoms with Gasteiger partial charge < -0.3 is 4.90 Å². The number of benzene rings is 1. The molecule has 1 amide bonds. The van der Waals surface area contributed by atoms with Crippen molar-refractivity contribution in [1.29, 1.82) is 0 Å². The van der Waals surface area contributed by atoms with Crippen LogP contribution in [0.5, 0.6) is 0 Å². The van der Waals surface area contributed by atoms with Crippen LogP contribution in [-0.4, -0.2) is 60.5 Å². The number of carbonyl (C=O) groups is 1. The third kappa shape index (κ3) is 4.73. The first-order valence-electron chi connectivity index (χ1n) is 9.55. The van der Waals surface area contributed by atoms with E-state index in [2.05, 4.69) is 5.10 Å². The van der Waals surface area contributed by atoms with E-state index < -0.39 is 10.0 Å². The minimum Gasteiger partial charge on any atom is -0.339 e. The SMILES string of the molecule is Cc1ccc(=O)n(CC2CCN(C(=O)c3ccc(S(=O)(=O)N(C)C)cc3)CC2)n1. The van der Waals surface area contributed by atoms with E-state index in [9.17, 15) is 18.0 Å². The summed E-state index contributed by atoms with van der Waals surface area (Å²) in [5.41, 5.74) is 1.16. The van der Waals surface area contributed by atoms with Crippen LogP contribution in [0.25, 0.3) is 0 Å². The Morgan fingerprint density at radius 1 is 1.10 bits per heavy atom. The van der Waals surface area contributed by atoms with E-state index >= 15 is 0 Å². The van der Waals surface area contributed by atoms with Crippen molar-refractivity contribution in [1.82, 2.24) is 19.0 Å². The molecule has 2 aromatic rings. The maximum atomic E-state index is 12.8. The standard InChI is InChI=1S/C20H26N4O4S/c1-15-4-9-19(25)24(21-15)14-16-10-12-23(13-11-16)20(26)17-5-7-18(8-6-17)29(27,28)22(2)3/h4-9,16H,10-14H2,1-3H3. The molecule has 156 valence electrons. The Labute approximate surface area is 170 Å². The zero-order valence-corrected chi connectivity index (χ0v) is 17.7. The third-order valence-corrected chi connectivity index (χ3v) is 7.04. The number of amides is 1. The molecule has 9 heteroatoms. The Morgan fingerprint density at radius 2 is 1.72 bits per heavy atom. The highest BCUT2D eigenvalue weighted by Gasteiger charge is 2.25. The zero-order chi connectivity index (χ0) is 21.2. The number of rotatable bonds is 5. The molecule has 8 nitrogen and oxygen atoms in total. The lowest BCUT2D eigenvalue weighted by Crippen LogP contribution is -2.40. The quantitative estimate of drug-likeness (QED) is 0.731. The predicted molar refractivity (Wildman–Crippen MR) is 109 cm³/mol. The van der Waals surface area contributed by atoms with E-state index in [1.807, 2.05) is 6.92 Å². The summed E-state index contributed by atoms with van der Waals surface area (Å²) in [6.07, 6.45) is 1.59. The Kier molecular flexibility index (Phi) is 6.18.